The molecular formula is C15H25ClN2O2. The lowest BCUT2D eigenvalue weighted by Crippen LogP contribution is -2.29. The van der Waals surface area contributed by atoms with Gasteiger partial charge in [0.05, 0.1) is 19.2 Å². The molecule has 0 bridgehead atoms. The summed E-state index contributed by atoms with van der Waals surface area (Å²) in [6.45, 7) is 3.96. The number of nitrogens with zero attached hydrogens (tertiary/aromatic N) is 1. The standard InChI is InChI=1S/C15H25ClN2O2/c1-11(8-9-18(2)3)17-10-12-6-7-13(19-4)15(20-5)14(12)16/h6-7,11,17H,8-10H2,1-5H3. The van der Waals surface area contributed by atoms with E-state index >= 15 is 0 Å². The van der Waals surface area contributed by atoms with Gasteiger partial charge in [-0.05, 0) is 45.6 Å². The van der Waals surface area contributed by atoms with E-state index in [1.165, 1.54) is 0 Å². The molecule has 0 aliphatic carbocycles. The number of hydrogen-bond donors (Lipinski definition) is 1. The van der Waals surface area contributed by atoms with Crippen LogP contribution in [0.1, 0.15) is 18.9 Å². The summed E-state index contributed by atoms with van der Waals surface area (Å²) in [6.07, 6.45) is 1.10. The summed E-state index contributed by atoms with van der Waals surface area (Å²) in [5, 5.41) is 4.09. The topological polar surface area (TPSA) is 33.7 Å². The second-order valence-corrected chi connectivity index (χ2v) is 5.53. The molecule has 0 amide bonds. The number of rotatable bonds is 8. The quantitative estimate of drug-likeness (QED) is 0.800. The lowest BCUT2D eigenvalue weighted by Gasteiger charge is -2.18. The van der Waals surface area contributed by atoms with Crippen LogP contribution in [0.15, 0.2) is 12.1 Å². The van der Waals surface area contributed by atoms with Gasteiger partial charge in [-0.3, -0.25) is 0 Å². The summed E-state index contributed by atoms with van der Waals surface area (Å²) in [4.78, 5) is 2.18. The van der Waals surface area contributed by atoms with Crippen LogP contribution in [0.2, 0.25) is 5.02 Å². The van der Waals surface area contributed by atoms with E-state index in [0.717, 1.165) is 18.5 Å². The third-order valence-electron chi connectivity index (χ3n) is 3.22. The Morgan fingerprint density at radius 1 is 1.25 bits per heavy atom. The predicted octanol–water partition coefficient (Wildman–Crippen LogP) is 2.79. The minimum Gasteiger partial charge on any atom is -0.493 e. The first-order chi connectivity index (χ1) is 9.49. The van der Waals surface area contributed by atoms with Crippen LogP contribution >= 0.6 is 11.6 Å². The number of ether oxygens (including phenoxy) is 2. The van der Waals surface area contributed by atoms with E-state index in [-0.39, 0.29) is 0 Å². The van der Waals surface area contributed by atoms with Crippen LogP contribution < -0.4 is 14.8 Å². The van der Waals surface area contributed by atoms with Crippen molar-refractivity contribution in [2.24, 2.45) is 0 Å². The van der Waals surface area contributed by atoms with Gasteiger partial charge in [0, 0.05) is 12.6 Å². The van der Waals surface area contributed by atoms with Crippen molar-refractivity contribution in [1.82, 2.24) is 10.2 Å². The molecule has 0 aromatic heterocycles. The van der Waals surface area contributed by atoms with Crippen molar-refractivity contribution in [1.29, 1.82) is 0 Å². The van der Waals surface area contributed by atoms with Gasteiger partial charge in [-0.15, -0.1) is 0 Å². The van der Waals surface area contributed by atoms with Crippen LogP contribution in [-0.4, -0.2) is 45.8 Å². The molecular weight excluding hydrogens is 276 g/mol. The Morgan fingerprint density at radius 3 is 2.50 bits per heavy atom. The fourth-order valence-corrected chi connectivity index (χ4v) is 2.20. The van der Waals surface area contributed by atoms with Crippen molar-refractivity contribution in [2.45, 2.75) is 25.9 Å². The van der Waals surface area contributed by atoms with Gasteiger partial charge in [-0.1, -0.05) is 17.7 Å². The highest BCUT2D eigenvalue weighted by Crippen LogP contribution is 2.37. The number of methoxy groups -OCH3 is 2. The van der Waals surface area contributed by atoms with Gasteiger partial charge in [-0.25, -0.2) is 0 Å². The predicted molar refractivity (Wildman–Crippen MR) is 84.0 cm³/mol. The van der Waals surface area contributed by atoms with Crippen molar-refractivity contribution in [3.63, 3.8) is 0 Å². The van der Waals surface area contributed by atoms with E-state index in [9.17, 15) is 0 Å². The van der Waals surface area contributed by atoms with E-state index in [1.807, 2.05) is 12.1 Å². The molecule has 0 saturated heterocycles. The molecule has 0 heterocycles. The average molecular weight is 301 g/mol. The van der Waals surface area contributed by atoms with E-state index in [4.69, 9.17) is 21.1 Å². The summed E-state index contributed by atoms with van der Waals surface area (Å²) in [6, 6.07) is 4.28. The van der Waals surface area contributed by atoms with Crippen LogP contribution in [0.5, 0.6) is 11.5 Å². The summed E-state index contributed by atoms with van der Waals surface area (Å²) < 4.78 is 10.5. The maximum Gasteiger partial charge on any atom is 0.179 e. The van der Waals surface area contributed by atoms with Crippen molar-refractivity contribution in [3.8, 4) is 11.5 Å². The summed E-state index contributed by atoms with van der Waals surface area (Å²) in [7, 11) is 7.37. The second-order valence-electron chi connectivity index (χ2n) is 5.15. The molecule has 1 rings (SSSR count). The van der Waals surface area contributed by atoms with E-state index in [2.05, 4.69) is 31.2 Å². The van der Waals surface area contributed by atoms with E-state index < -0.39 is 0 Å². The van der Waals surface area contributed by atoms with Crippen LogP contribution in [-0.2, 0) is 6.54 Å². The molecule has 0 aliphatic heterocycles. The highest BCUT2D eigenvalue weighted by Gasteiger charge is 2.13. The van der Waals surface area contributed by atoms with Gasteiger partial charge < -0.3 is 19.7 Å². The van der Waals surface area contributed by atoms with Crippen LogP contribution in [0, 0.1) is 0 Å². The van der Waals surface area contributed by atoms with Gasteiger partial charge in [-0.2, -0.15) is 0 Å². The van der Waals surface area contributed by atoms with Gasteiger partial charge >= 0.3 is 0 Å². The molecule has 5 heteroatoms. The molecule has 114 valence electrons. The number of benzene rings is 1. The molecule has 0 spiro atoms. The summed E-state index contributed by atoms with van der Waals surface area (Å²) in [5.74, 6) is 1.25. The average Bonchev–Trinajstić information content (AvgIpc) is 2.43. The SMILES string of the molecule is COc1ccc(CNC(C)CCN(C)C)c(Cl)c1OC. The highest BCUT2D eigenvalue weighted by atomic mass is 35.5. The van der Waals surface area contributed by atoms with Crippen molar-refractivity contribution in [2.75, 3.05) is 34.9 Å². The van der Waals surface area contributed by atoms with Gasteiger partial charge in [0.25, 0.3) is 0 Å². The molecule has 1 unspecified atom stereocenters. The first-order valence-electron chi connectivity index (χ1n) is 6.77. The molecule has 1 aromatic rings. The minimum atomic E-state index is 0.432. The van der Waals surface area contributed by atoms with Crippen molar-refractivity contribution >= 4 is 11.6 Å². The molecule has 1 aromatic carbocycles. The Kier molecular flexibility index (Phi) is 7.13. The molecule has 0 saturated carbocycles. The molecule has 20 heavy (non-hydrogen) atoms. The third-order valence-corrected chi connectivity index (χ3v) is 3.63. The third kappa shape index (κ3) is 4.85. The first kappa shape index (κ1) is 17.1. The number of nitrogens with one attached hydrogen (secondary N) is 1. The Bertz CT molecular complexity index is 425. The zero-order valence-electron chi connectivity index (χ0n) is 13.0. The second kappa shape index (κ2) is 8.35. The maximum absolute atomic E-state index is 6.35. The van der Waals surface area contributed by atoms with Crippen LogP contribution in [0.4, 0.5) is 0 Å². The number of hydrogen-bond acceptors (Lipinski definition) is 4. The van der Waals surface area contributed by atoms with Crippen molar-refractivity contribution in [3.05, 3.63) is 22.7 Å². The number of halogens is 1. The Labute approximate surface area is 127 Å². The van der Waals surface area contributed by atoms with Gasteiger partial charge in [0.2, 0.25) is 0 Å². The highest BCUT2D eigenvalue weighted by molar-refractivity contribution is 6.33. The molecule has 0 fully saturated rings. The smallest absolute Gasteiger partial charge is 0.179 e. The summed E-state index contributed by atoms with van der Waals surface area (Å²) in [5.41, 5.74) is 1.01. The monoisotopic (exact) mass is 300 g/mol. The minimum absolute atomic E-state index is 0.432. The van der Waals surface area contributed by atoms with E-state index in [1.54, 1.807) is 14.2 Å². The Hall–Kier alpha value is -0.970. The van der Waals surface area contributed by atoms with Gasteiger partial charge in [0.1, 0.15) is 0 Å². The molecule has 1 atom stereocenters. The van der Waals surface area contributed by atoms with Crippen molar-refractivity contribution < 1.29 is 9.47 Å². The van der Waals surface area contributed by atoms with E-state index in [0.29, 0.717) is 29.1 Å². The van der Waals surface area contributed by atoms with Crippen LogP contribution in [0.25, 0.3) is 0 Å². The fraction of sp³-hybridized carbons (Fsp3) is 0.600. The molecule has 4 nitrogen and oxygen atoms in total. The zero-order valence-corrected chi connectivity index (χ0v) is 13.8. The fourth-order valence-electron chi connectivity index (χ4n) is 1.90. The zero-order chi connectivity index (χ0) is 15.1. The Balaban J connectivity index is 2.64. The van der Waals surface area contributed by atoms with Gasteiger partial charge in [0.15, 0.2) is 11.5 Å². The molecule has 0 radical (unpaired) electrons. The molecule has 0 aliphatic rings. The maximum atomic E-state index is 6.35. The Morgan fingerprint density at radius 2 is 1.95 bits per heavy atom. The normalized spacial score (nSPS) is 12.6. The first-order valence-corrected chi connectivity index (χ1v) is 7.14. The largest absolute Gasteiger partial charge is 0.493 e. The lowest BCUT2D eigenvalue weighted by molar-refractivity contribution is 0.353. The van der Waals surface area contributed by atoms with Crippen LogP contribution in [0.3, 0.4) is 0 Å². The lowest BCUT2D eigenvalue weighted by atomic mass is 10.1. The summed E-state index contributed by atoms with van der Waals surface area (Å²) >= 11 is 6.35. The molecule has 1 N–H and O–H groups in total.